The highest BCUT2D eigenvalue weighted by Gasteiger charge is 2.15. The fourth-order valence-corrected chi connectivity index (χ4v) is 2.75. The van der Waals surface area contributed by atoms with E-state index in [0.717, 1.165) is 12.2 Å². The Balaban J connectivity index is 1.85. The molecule has 0 bridgehead atoms. The summed E-state index contributed by atoms with van der Waals surface area (Å²) >= 11 is 0. The molecule has 0 spiro atoms. The molecular formula is C20H22N4O2. The molecule has 6 heteroatoms. The average Bonchev–Trinajstić information content (AvgIpc) is 3.13. The molecule has 0 atom stereocenters. The van der Waals surface area contributed by atoms with Crippen molar-refractivity contribution in [2.24, 2.45) is 0 Å². The van der Waals surface area contributed by atoms with Crippen molar-refractivity contribution >= 4 is 17.4 Å². The summed E-state index contributed by atoms with van der Waals surface area (Å²) < 4.78 is 5.24. The van der Waals surface area contributed by atoms with Crippen molar-refractivity contribution in [3.05, 3.63) is 71.6 Å². The molecule has 0 saturated carbocycles. The van der Waals surface area contributed by atoms with Crippen molar-refractivity contribution < 1.29 is 9.21 Å². The molecule has 0 aliphatic rings. The molecular weight excluding hydrogens is 328 g/mol. The fourth-order valence-electron chi connectivity index (χ4n) is 2.75. The molecule has 1 N–H and O–H groups in total. The Labute approximate surface area is 152 Å². The molecule has 0 aliphatic heterocycles. The number of carbonyl (C=O) groups is 1. The van der Waals surface area contributed by atoms with Gasteiger partial charge in [0.15, 0.2) is 0 Å². The number of aromatic nitrogens is 2. The third kappa shape index (κ3) is 4.08. The summed E-state index contributed by atoms with van der Waals surface area (Å²) in [6.07, 6.45) is 1.58. The zero-order valence-corrected chi connectivity index (χ0v) is 15.2. The Morgan fingerprint density at radius 2 is 2.00 bits per heavy atom. The number of nitrogens with zero attached hydrogens (tertiary/aromatic N) is 3. The topological polar surface area (TPSA) is 71.3 Å². The minimum absolute atomic E-state index is 0.256. The zero-order chi connectivity index (χ0) is 18.5. The third-order valence-corrected chi connectivity index (χ3v) is 3.97. The highest BCUT2D eigenvalue weighted by molar-refractivity contribution is 5.93. The van der Waals surface area contributed by atoms with Crippen molar-refractivity contribution in [3.63, 3.8) is 0 Å². The lowest BCUT2D eigenvalue weighted by Gasteiger charge is -2.23. The standard InChI is InChI=1S/C20H22N4O2/c1-4-24(16-8-5-7-14(2)11-16)19-12-18(22-15(3)23-19)20(25)21-13-17-9-6-10-26-17/h5-12H,4,13H2,1-3H3,(H,21,25). The van der Waals surface area contributed by atoms with Gasteiger partial charge in [-0.1, -0.05) is 12.1 Å². The first-order valence-electron chi connectivity index (χ1n) is 8.57. The van der Waals surface area contributed by atoms with Crippen molar-refractivity contribution in [3.8, 4) is 0 Å². The zero-order valence-electron chi connectivity index (χ0n) is 15.2. The van der Waals surface area contributed by atoms with E-state index in [0.29, 0.717) is 29.6 Å². The monoisotopic (exact) mass is 350 g/mol. The molecule has 1 aromatic carbocycles. The van der Waals surface area contributed by atoms with Crippen LogP contribution in [0.5, 0.6) is 0 Å². The van der Waals surface area contributed by atoms with Gasteiger partial charge in [-0.25, -0.2) is 9.97 Å². The smallest absolute Gasteiger partial charge is 0.270 e. The maximum Gasteiger partial charge on any atom is 0.270 e. The number of rotatable bonds is 6. The Kier molecular flexibility index (Phi) is 5.31. The van der Waals surface area contributed by atoms with Crippen LogP contribution in [0.3, 0.4) is 0 Å². The van der Waals surface area contributed by atoms with Gasteiger partial charge < -0.3 is 14.6 Å². The van der Waals surface area contributed by atoms with Crippen LogP contribution in [0.2, 0.25) is 0 Å². The van der Waals surface area contributed by atoms with Crippen molar-refractivity contribution in [1.82, 2.24) is 15.3 Å². The van der Waals surface area contributed by atoms with Crippen LogP contribution in [0.25, 0.3) is 0 Å². The minimum Gasteiger partial charge on any atom is -0.467 e. The van der Waals surface area contributed by atoms with Gasteiger partial charge in [-0.05, 0) is 50.6 Å². The number of furan rings is 1. The lowest BCUT2D eigenvalue weighted by molar-refractivity contribution is 0.0942. The van der Waals surface area contributed by atoms with Crippen LogP contribution in [0, 0.1) is 13.8 Å². The van der Waals surface area contributed by atoms with Gasteiger partial charge in [0.1, 0.15) is 23.1 Å². The van der Waals surface area contributed by atoms with E-state index in [9.17, 15) is 4.79 Å². The largest absolute Gasteiger partial charge is 0.467 e. The van der Waals surface area contributed by atoms with Crippen LogP contribution in [-0.4, -0.2) is 22.4 Å². The summed E-state index contributed by atoms with van der Waals surface area (Å²) in [6, 6.07) is 13.5. The van der Waals surface area contributed by atoms with E-state index in [2.05, 4.69) is 46.2 Å². The highest BCUT2D eigenvalue weighted by Crippen LogP contribution is 2.24. The number of anilines is 2. The minimum atomic E-state index is -0.256. The van der Waals surface area contributed by atoms with E-state index < -0.39 is 0 Å². The third-order valence-electron chi connectivity index (χ3n) is 3.97. The molecule has 2 heterocycles. The van der Waals surface area contributed by atoms with Crippen molar-refractivity contribution in [1.29, 1.82) is 0 Å². The maximum absolute atomic E-state index is 12.5. The number of nitrogens with one attached hydrogen (secondary N) is 1. The molecule has 0 fully saturated rings. The van der Waals surface area contributed by atoms with Gasteiger partial charge in [-0.15, -0.1) is 0 Å². The maximum atomic E-state index is 12.5. The van der Waals surface area contributed by atoms with Crippen LogP contribution in [0.1, 0.15) is 34.6 Å². The normalized spacial score (nSPS) is 10.6. The second kappa shape index (κ2) is 7.82. The summed E-state index contributed by atoms with van der Waals surface area (Å²) in [7, 11) is 0. The quantitative estimate of drug-likeness (QED) is 0.733. The average molecular weight is 350 g/mol. The molecule has 3 rings (SSSR count). The van der Waals surface area contributed by atoms with Crippen LogP contribution >= 0.6 is 0 Å². The van der Waals surface area contributed by atoms with E-state index >= 15 is 0 Å². The van der Waals surface area contributed by atoms with E-state index in [4.69, 9.17) is 4.42 Å². The molecule has 0 saturated heterocycles. The summed E-state index contributed by atoms with van der Waals surface area (Å²) in [4.78, 5) is 23.3. The number of hydrogen-bond donors (Lipinski definition) is 1. The van der Waals surface area contributed by atoms with Gasteiger partial charge in [-0.2, -0.15) is 0 Å². The van der Waals surface area contributed by atoms with Crippen LogP contribution in [0.15, 0.2) is 53.1 Å². The molecule has 1 amide bonds. The Morgan fingerprint density at radius 3 is 2.69 bits per heavy atom. The number of hydrogen-bond acceptors (Lipinski definition) is 5. The van der Waals surface area contributed by atoms with Gasteiger partial charge in [0.25, 0.3) is 5.91 Å². The fraction of sp³-hybridized carbons (Fsp3) is 0.250. The Bertz CT molecular complexity index is 891. The Hall–Kier alpha value is -3.15. The lowest BCUT2D eigenvalue weighted by atomic mass is 10.2. The summed E-state index contributed by atoms with van der Waals surface area (Å²) in [6.45, 7) is 6.94. The van der Waals surface area contributed by atoms with Gasteiger partial charge in [0.05, 0.1) is 12.8 Å². The van der Waals surface area contributed by atoms with Gasteiger partial charge in [0.2, 0.25) is 0 Å². The van der Waals surface area contributed by atoms with Crippen LogP contribution in [-0.2, 0) is 6.54 Å². The first-order chi connectivity index (χ1) is 12.6. The van der Waals surface area contributed by atoms with Gasteiger partial charge in [-0.3, -0.25) is 4.79 Å². The number of aryl methyl sites for hydroxylation is 2. The highest BCUT2D eigenvalue weighted by atomic mass is 16.3. The molecule has 6 nitrogen and oxygen atoms in total. The molecule has 2 aromatic heterocycles. The van der Waals surface area contributed by atoms with Crippen molar-refractivity contribution in [2.45, 2.75) is 27.3 Å². The first-order valence-corrected chi connectivity index (χ1v) is 8.57. The van der Waals surface area contributed by atoms with Crippen LogP contribution < -0.4 is 10.2 Å². The van der Waals surface area contributed by atoms with Gasteiger partial charge in [0, 0.05) is 18.3 Å². The molecule has 0 unspecified atom stereocenters. The first kappa shape index (κ1) is 17.7. The number of amides is 1. The van der Waals surface area contributed by atoms with Crippen molar-refractivity contribution in [2.75, 3.05) is 11.4 Å². The predicted molar refractivity (Wildman–Crippen MR) is 101 cm³/mol. The second-order valence-corrected chi connectivity index (χ2v) is 6.00. The van der Waals surface area contributed by atoms with E-state index in [-0.39, 0.29) is 5.91 Å². The molecule has 0 aliphatic carbocycles. The Morgan fingerprint density at radius 1 is 1.15 bits per heavy atom. The molecule has 0 radical (unpaired) electrons. The van der Waals surface area contributed by atoms with E-state index in [1.807, 2.05) is 18.2 Å². The lowest BCUT2D eigenvalue weighted by Crippen LogP contribution is -2.25. The van der Waals surface area contributed by atoms with Crippen LogP contribution in [0.4, 0.5) is 11.5 Å². The molecule has 134 valence electrons. The number of carbonyl (C=O) groups excluding carboxylic acids is 1. The second-order valence-electron chi connectivity index (χ2n) is 6.00. The molecule has 3 aromatic rings. The number of benzene rings is 1. The van der Waals surface area contributed by atoms with E-state index in [1.165, 1.54) is 5.56 Å². The molecule has 26 heavy (non-hydrogen) atoms. The summed E-state index contributed by atoms with van der Waals surface area (Å²) in [5.41, 5.74) is 2.54. The van der Waals surface area contributed by atoms with Gasteiger partial charge >= 0.3 is 0 Å². The van der Waals surface area contributed by atoms with E-state index in [1.54, 1.807) is 25.3 Å². The predicted octanol–water partition coefficient (Wildman–Crippen LogP) is 3.77. The summed E-state index contributed by atoms with van der Waals surface area (Å²) in [5, 5.41) is 2.82. The summed E-state index contributed by atoms with van der Waals surface area (Å²) in [5.74, 6) is 1.69. The SMILES string of the molecule is CCN(c1cccc(C)c1)c1cc(C(=O)NCc2ccco2)nc(C)n1.